The van der Waals surface area contributed by atoms with Crippen LogP contribution in [0.25, 0.3) is 0 Å². The molecule has 6 heteroatoms. The third-order valence-electron chi connectivity index (χ3n) is 4.37. The Morgan fingerprint density at radius 1 is 1.04 bits per heavy atom. The van der Waals surface area contributed by atoms with Crippen molar-refractivity contribution >= 4 is 34.3 Å². The molecule has 0 N–H and O–H groups in total. The first-order valence-corrected chi connectivity index (χ1v) is 10.5. The number of likely N-dealkylation sites (N-methyl/N-ethyl adjacent to an activating group) is 1. The van der Waals surface area contributed by atoms with Gasteiger partial charge < -0.3 is 9.64 Å². The van der Waals surface area contributed by atoms with Crippen molar-refractivity contribution in [3.05, 3.63) is 68.5 Å². The van der Waals surface area contributed by atoms with Crippen molar-refractivity contribution in [2.45, 2.75) is 20.0 Å². The van der Waals surface area contributed by atoms with Crippen molar-refractivity contribution in [1.82, 2.24) is 4.90 Å². The van der Waals surface area contributed by atoms with Gasteiger partial charge in [-0.2, -0.15) is 0 Å². The number of nitrogens with zero attached hydrogens (tertiary/aromatic N) is 2. The zero-order valence-electron chi connectivity index (χ0n) is 15.8. The number of methoxy groups -OCH3 is 1. The van der Waals surface area contributed by atoms with Gasteiger partial charge in [0.05, 0.1) is 20.2 Å². The summed E-state index contributed by atoms with van der Waals surface area (Å²) in [6.07, 6.45) is 0. The van der Waals surface area contributed by atoms with E-state index in [1.165, 1.54) is 10.4 Å². The molecule has 27 heavy (non-hydrogen) atoms. The van der Waals surface area contributed by atoms with E-state index in [4.69, 9.17) is 4.74 Å². The molecule has 0 radical (unpaired) electrons. The van der Waals surface area contributed by atoms with Crippen LogP contribution in [0.15, 0.2) is 53.2 Å². The fraction of sp³-hybridized carbons (Fsp3) is 0.286. The highest BCUT2D eigenvalue weighted by Gasteiger charge is 2.19. The summed E-state index contributed by atoms with van der Waals surface area (Å²) in [7, 11) is 3.64. The number of amides is 1. The van der Waals surface area contributed by atoms with E-state index < -0.39 is 0 Å². The van der Waals surface area contributed by atoms with Crippen molar-refractivity contribution in [3.8, 4) is 5.75 Å². The fourth-order valence-electron chi connectivity index (χ4n) is 2.83. The van der Waals surface area contributed by atoms with Gasteiger partial charge >= 0.3 is 0 Å². The van der Waals surface area contributed by atoms with Crippen molar-refractivity contribution in [2.24, 2.45) is 0 Å². The first-order chi connectivity index (χ1) is 13.1. The fourth-order valence-corrected chi connectivity index (χ4v) is 4.51. The molecule has 142 valence electrons. The van der Waals surface area contributed by atoms with E-state index in [1.807, 2.05) is 47.7 Å². The van der Waals surface area contributed by atoms with Crippen molar-refractivity contribution in [2.75, 3.05) is 25.6 Å². The number of carbonyl (C=O) groups is 1. The number of hydrogen-bond donors (Lipinski definition) is 0. The molecular formula is C21H24N2O2S2. The predicted molar refractivity (Wildman–Crippen MR) is 114 cm³/mol. The summed E-state index contributed by atoms with van der Waals surface area (Å²) in [6.45, 7) is 3.84. The molecule has 1 aromatic carbocycles. The number of carbonyl (C=O) groups excluding carboxylic acids is 1. The molecule has 3 rings (SSSR count). The van der Waals surface area contributed by atoms with Gasteiger partial charge in [0.15, 0.2) is 0 Å². The number of anilines is 1. The molecule has 0 spiro atoms. The molecule has 4 nitrogen and oxygen atoms in total. The molecule has 0 aliphatic carbocycles. The summed E-state index contributed by atoms with van der Waals surface area (Å²) in [5.74, 6) is 0.873. The molecule has 0 saturated carbocycles. The molecular weight excluding hydrogens is 376 g/mol. The first-order valence-electron chi connectivity index (χ1n) is 8.75. The van der Waals surface area contributed by atoms with Gasteiger partial charge in [-0.1, -0.05) is 6.07 Å². The van der Waals surface area contributed by atoms with Crippen LogP contribution in [0.2, 0.25) is 0 Å². The number of ether oxygens (including phenoxy) is 1. The summed E-state index contributed by atoms with van der Waals surface area (Å²) in [5.41, 5.74) is 2.17. The zero-order chi connectivity index (χ0) is 19.2. The molecule has 0 atom stereocenters. The van der Waals surface area contributed by atoms with E-state index in [0.717, 1.165) is 22.9 Å². The predicted octanol–water partition coefficient (Wildman–Crippen LogP) is 4.79. The largest absolute Gasteiger partial charge is 0.497 e. The van der Waals surface area contributed by atoms with Gasteiger partial charge in [-0.05, 0) is 66.7 Å². The highest BCUT2D eigenvalue weighted by molar-refractivity contribution is 7.10. The maximum atomic E-state index is 13.1. The molecule has 0 aliphatic heterocycles. The minimum absolute atomic E-state index is 0.0882. The Bertz CT molecular complexity index is 857. The van der Waals surface area contributed by atoms with Gasteiger partial charge in [-0.3, -0.25) is 9.69 Å². The van der Waals surface area contributed by atoms with E-state index in [9.17, 15) is 4.79 Å². The molecule has 0 aliphatic rings. The van der Waals surface area contributed by atoms with Crippen LogP contribution < -0.4 is 9.64 Å². The Labute approximate surface area is 168 Å². The van der Waals surface area contributed by atoms with Crippen molar-refractivity contribution < 1.29 is 9.53 Å². The van der Waals surface area contributed by atoms with Crippen LogP contribution in [0.1, 0.15) is 15.3 Å². The van der Waals surface area contributed by atoms with Crippen LogP contribution in [0.4, 0.5) is 5.69 Å². The Balaban J connectivity index is 1.74. The quantitative estimate of drug-likeness (QED) is 0.545. The monoisotopic (exact) mass is 400 g/mol. The number of rotatable bonds is 8. The zero-order valence-corrected chi connectivity index (χ0v) is 17.5. The minimum atomic E-state index is 0.0882. The second kappa shape index (κ2) is 9.17. The summed E-state index contributed by atoms with van der Waals surface area (Å²) >= 11 is 3.40. The van der Waals surface area contributed by atoms with Gasteiger partial charge in [-0.15, -0.1) is 22.7 Å². The summed E-state index contributed by atoms with van der Waals surface area (Å²) in [4.78, 5) is 19.5. The minimum Gasteiger partial charge on any atom is -0.497 e. The third kappa shape index (κ3) is 5.19. The van der Waals surface area contributed by atoms with Gasteiger partial charge in [0.1, 0.15) is 5.75 Å². The Morgan fingerprint density at radius 2 is 1.81 bits per heavy atom. The second-order valence-corrected chi connectivity index (χ2v) is 8.49. The van der Waals surface area contributed by atoms with Gasteiger partial charge in [0, 0.05) is 22.0 Å². The van der Waals surface area contributed by atoms with E-state index in [2.05, 4.69) is 29.3 Å². The maximum Gasteiger partial charge on any atom is 0.241 e. The van der Waals surface area contributed by atoms with E-state index >= 15 is 0 Å². The van der Waals surface area contributed by atoms with Gasteiger partial charge in [-0.25, -0.2) is 0 Å². The van der Waals surface area contributed by atoms with Crippen molar-refractivity contribution in [3.63, 3.8) is 0 Å². The number of benzene rings is 1. The molecule has 0 bridgehead atoms. The number of hydrogen-bond acceptors (Lipinski definition) is 5. The molecule has 2 aromatic heterocycles. The number of aryl methyl sites for hydroxylation is 1. The Morgan fingerprint density at radius 3 is 2.41 bits per heavy atom. The lowest BCUT2D eigenvalue weighted by Gasteiger charge is -2.25. The van der Waals surface area contributed by atoms with Crippen LogP contribution in [0.3, 0.4) is 0 Å². The summed E-state index contributed by atoms with van der Waals surface area (Å²) in [6, 6.07) is 13.9. The smallest absolute Gasteiger partial charge is 0.241 e. The van der Waals surface area contributed by atoms with Crippen LogP contribution in [0.5, 0.6) is 5.75 Å². The lowest BCUT2D eigenvalue weighted by atomic mass is 10.2. The van der Waals surface area contributed by atoms with Crippen LogP contribution >= 0.6 is 22.7 Å². The molecule has 0 fully saturated rings. The van der Waals surface area contributed by atoms with Crippen LogP contribution in [0, 0.1) is 6.92 Å². The summed E-state index contributed by atoms with van der Waals surface area (Å²) < 4.78 is 5.24. The number of thiophene rings is 2. The maximum absolute atomic E-state index is 13.1. The Hall–Kier alpha value is -2.15. The topological polar surface area (TPSA) is 32.8 Å². The van der Waals surface area contributed by atoms with Gasteiger partial charge in [0.2, 0.25) is 5.91 Å². The van der Waals surface area contributed by atoms with Crippen LogP contribution in [-0.4, -0.2) is 31.5 Å². The highest BCUT2D eigenvalue weighted by atomic mass is 32.1. The Kier molecular flexibility index (Phi) is 6.66. The van der Waals surface area contributed by atoms with Gasteiger partial charge in [0.25, 0.3) is 0 Å². The van der Waals surface area contributed by atoms with E-state index in [0.29, 0.717) is 13.1 Å². The molecule has 0 unspecified atom stereocenters. The summed E-state index contributed by atoms with van der Waals surface area (Å²) in [5, 5.41) is 4.14. The van der Waals surface area contributed by atoms with Crippen molar-refractivity contribution in [1.29, 1.82) is 0 Å². The average Bonchev–Trinajstić information content (AvgIpc) is 3.32. The lowest BCUT2D eigenvalue weighted by Crippen LogP contribution is -2.38. The van der Waals surface area contributed by atoms with E-state index in [1.54, 1.807) is 29.8 Å². The highest BCUT2D eigenvalue weighted by Crippen LogP contribution is 2.23. The average molecular weight is 401 g/mol. The van der Waals surface area contributed by atoms with Crippen LogP contribution in [-0.2, 0) is 17.9 Å². The molecule has 2 heterocycles. The third-order valence-corrected chi connectivity index (χ3v) is 6.23. The SMILES string of the molecule is COc1ccc(N(Cc2cccs2)C(=O)CN(C)Cc2sccc2C)cc1. The first kappa shape index (κ1) is 19.6. The lowest BCUT2D eigenvalue weighted by molar-refractivity contribution is -0.119. The second-order valence-electron chi connectivity index (χ2n) is 6.46. The molecule has 3 aromatic rings. The van der Waals surface area contributed by atoms with E-state index in [-0.39, 0.29) is 5.91 Å². The molecule has 1 amide bonds. The standard InChI is InChI=1S/C21H24N2O2S2/c1-16-10-12-27-20(16)14-22(2)15-21(24)23(13-19-5-4-11-26-19)17-6-8-18(25-3)9-7-17/h4-12H,13-15H2,1-3H3. The molecule has 0 saturated heterocycles. The normalized spacial score (nSPS) is 11.0.